The third kappa shape index (κ3) is 44.3. The van der Waals surface area contributed by atoms with Gasteiger partial charge in [-0.15, -0.1) is 0 Å². The largest absolute Gasteiger partial charge is 0.481 e. The summed E-state index contributed by atoms with van der Waals surface area (Å²) in [7, 11) is 0. The average Bonchev–Trinajstić information content (AvgIpc) is 3.09. The van der Waals surface area contributed by atoms with Gasteiger partial charge in [-0.25, -0.2) is 0 Å². The summed E-state index contributed by atoms with van der Waals surface area (Å²) < 4.78 is 31.7. The summed E-state index contributed by atoms with van der Waals surface area (Å²) in [6.07, 6.45) is 17.3. The van der Waals surface area contributed by atoms with E-state index >= 15 is 0 Å². The van der Waals surface area contributed by atoms with Crippen LogP contribution >= 0.6 is 0 Å². The van der Waals surface area contributed by atoms with Crippen molar-refractivity contribution in [3.63, 3.8) is 0 Å². The van der Waals surface area contributed by atoms with Crippen LogP contribution in [0.4, 0.5) is 0 Å². The molecule has 0 aliphatic heterocycles. The first-order valence-electron chi connectivity index (χ1n) is 21.5. The second-order valence-corrected chi connectivity index (χ2v) is 16.2. The number of unbranched alkanes of at least 4 members (excludes halogenated alkanes) is 11. The summed E-state index contributed by atoms with van der Waals surface area (Å²) in [5.74, 6) is -2.05. The normalized spacial score (nSPS) is 12.1. The van der Waals surface area contributed by atoms with E-state index in [9.17, 15) is 24.0 Å². The van der Waals surface area contributed by atoms with Gasteiger partial charge >= 0.3 is 17.9 Å². The first-order valence-corrected chi connectivity index (χ1v) is 21.5. The van der Waals surface area contributed by atoms with E-state index in [-0.39, 0.29) is 43.0 Å². The average molecular weight is 803 g/mol. The van der Waals surface area contributed by atoms with Crippen molar-refractivity contribution in [2.75, 3.05) is 52.9 Å². The first-order chi connectivity index (χ1) is 26.5. The molecule has 0 heterocycles. The fourth-order valence-corrected chi connectivity index (χ4v) is 5.53. The lowest BCUT2D eigenvalue weighted by atomic mass is 9.95. The van der Waals surface area contributed by atoms with Crippen molar-refractivity contribution in [1.82, 2.24) is 0 Å². The van der Waals surface area contributed by atoms with Gasteiger partial charge in [-0.05, 0) is 81.1 Å². The van der Waals surface area contributed by atoms with Crippen LogP contribution in [0.2, 0.25) is 0 Å². The number of ketones is 2. The number of Topliss-reactive ketones (excluding diaryl/α,β-unsaturated/α-hetero) is 2. The number of carboxylic acids is 1. The molecule has 1 N–H and O–H groups in total. The molecule has 1 atom stereocenters. The summed E-state index contributed by atoms with van der Waals surface area (Å²) in [4.78, 5) is 58.1. The van der Waals surface area contributed by atoms with Crippen molar-refractivity contribution < 1.29 is 57.5 Å². The Morgan fingerprint density at radius 3 is 1.38 bits per heavy atom. The van der Waals surface area contributed by atoms with E-state index in [4.69, 9.17) is 33.5 Å². The van der Waals surface area contributed by atoms with Crippen molar-refractivity contribution in [1.29, 1.82) is 0 Å². The van der Waals surface area contributed by atoms with Gasteiger partial charge < -0.3 is 33.5 Å². The topological polar surface area (TPSA) is 161 Å². The zero-order valence-electron chi connectivity index (χ0n) is 36.8. The Morgan fingerprint density at radius 1 is 0.464 bits per heavy atom. The van der Waals surface area contributed by atoms with Crippen molar-refractivity contribution in [2.24, 2.45) is 5.92 Å². The number of carboxylic acid groups (broad SMARTS) is 1. The summed E-state index contributed by atoms with van der Waals surface area (Å²) >= 11 is 0. The molecule has 330 valence electrons. The van der Waals surface area contributed by atoms with Gasteiger partial charge in [0, 0.05) is 58.3 Å². The van der Waals surface area contributed by atoms with Crippen molar-refractivity contribution >= 4 is 29.5 Å². The van der Waals surface area contributed by atoms with Gasteiger partial charge in [0.15, 0.2) is 0 Å². The van der Waals surface area contributed by atoms with Crippen LogP contribution in [0.25, 0.3) is 0 Å². The number of aliphatic carboxylic acids is 1. The molecule has 56 heavy (non-hydrogen) atoms. The molecule has 0 saturated heterocycles. The zero-order valence-corrected chi connectivity index (χ0v) is 36.8. The molecule has 0 saturated carbocycles. The van der Waals surface area contributed by atoms with Gasteiger partial charge in [-0.1, -0.05) is 64.2 Å². The van der Waals surface area contributed by atoms with Crippen molar-refractivity contribution in [2.45, 2.75) is 195 Å². The minimum absolute atomic E-state index is 0.00469. The molecule has 0 aromatic carbocycles. The van der Waals surface area contributed by atoms with E-state index in [0.717, 1.165) is 32.3 Å². The fourth-order valence-electron chi connectivity index (χ4n) is 5.53. The van der Waals surface area contributed by atoms with Gasteiger partial charge in [-0.2, -0.15) is 0 Å². The molecule has 0 radical (unpaired) electrons. The number of carbonyl (C=O) groups excluding carboxylic acids is 4. The van der Waals surface area contributed by atoms with Gasteiger partial charge in [0.25, 0.3) is 0 Å². The lowest BCUT2D eigenvalue weighted by molar-refractivity contribution is -0.161. The second kappa shape index (κ2) is 36.9. The van der Waals surface area contributed by atoms with Crippen LogP contribution in [0.3, 0.4) is 0 Å². The zero-order chi connectivity index (χ0) is 42.5. The fraction of sp³-hybridized carbons (Fsp3) is 0.886. The monoisotopic (exact) mass is 803 g/mol. The van der Waals surface area contributed by atoms with Crippen LogP contribution in [-0.2, 0) is 52.4 Å². The SMILES string of the molecule is CCOCCC(=O)CC(CCC(=O)O)C(=O)OC(C)(C)C.CCOCCOCCOCCCC(=O)CCCCCCCCCCCCCCC(=O)OC(C)(C)C. The highest BCUT2D eigenvalue weighted by Crippen LogP contribution is 2.20. The maximum atomic E-state index is 12.0. The maximum absolute atomic E-state index is 12.0. The molecule has 1 unspecified atom stereocenters. The van der Waals surface area contributed by atoms with Gasteiger partial charge in [0.1, 0.15) is 22.8 Å². The second-order valence-electron chi connectivity index (χ2n) is 16.2. The number of hydrogen-bond acceptors (Lipinski definition) is 11. The Morgan fingerprint density at radius 2 is 0.893 bits per heavy atom. The van der Waals surface area contributed by atoms with Crippen LogP contribution in [0.5, 0.6) is 0 Å². The Labute approximate surface area is 340 Å². The van der Waals surface area contributed by atoms with Crippen LogP contribution < -0.4 is 0 Å². The molecule has 0 bridgehead atoms. The lowest BCUT2D eigenvalue weighted by Gasteiger charge is -2.23. The van der Waals surface area contributed by atoms with E-state index in [1.807, 2.05) is 34.6 Å². The molecule has 0 fully saturated rings. The molecule has 0 aliphatic carbocycles. The quantitative estimate of drug-likeness (QED) is 0.0473. The minimum Gasteiger partial charge on any atom is -0.481 e. The van der Waals surface area contributed by atoms with Gasteiger partial charge in [-0.3, -0.25) is 24.0 Å². The molecule has 0 aromatic rings. The van der Waals surface area contributed by atoms with E-state index in [0.29, 0.717) is 71.3 Å². The predicted molar refractivity (Wildman–Crippen MR) is 220 cm³/mol. The molecular formula is C44H82O12. The van der Waals surface area contributed by atoms with Crippen LogP contribution in [-0.4, -0.2) is 98.6 Å². The van der Waals surface area contributed by atoms with Crippen molar-refractivity contribution in [3.8, 4) is 0 Å². The molecule has 12 nitrogen and oxygen atoms in total. The third-order valence-corrected chi connectivity index (χ3v) is 8.35. The molecular weight excluding hydrogens is 720 g/mol. The van der Waals surface area contributed by atoms with E-state index < -0.39 is 23.5 Å². The van der Waals surface area contributed by atoms with E-state index in [2.05, 4.69) is 0 Å². The summed E-state index contributed by atoms with van der Waals surface area (Å²) in [5.41, 5.74) is -1.03. The predicted octanol–water partition coefficient (Wildman–Crippen LogP) is 9.40. The van der Waals surface area contributed by atoms with Crippen LogP contribution in [0, 0.1) is 5.92 Å². The Balaban J connectivity index is 0. The van der Waals surface area contributed by atoms with Gasteiger partial charge in [0.05, 0.1) is 39.0 Å². The van der Waals surface area contributed by atoms with Crippen LogP contribution in [0.1, 0.15) is 184 Å². The summed E-state index contributed by atoms with van der Waals surface area (Å²) in [5, 5.41) is 8.73. The van der Waals surface area contributed by atoms with E-state index in [1.54, 1.807) is 20.8 Å². The third-order valence-electron chi connectivity index (χ3n) is 8.35. The Kier molecular flexibility index (Phi) is 36.7. The summed E-state index contributed by atoms with van der Waals surface area (Å²) in [6, 6.07) is 0. The molecule has 0 amide bonds. The molecule has 12 heteroatoms. The number of rotatable bonds is 36. The standard InChI is InChI=1S/C29H56O6.C15H26O6/c1-5-32-23-24-34-26-25-33-22-18-20-27(30)19-16-14-12-10-8-6-7-9-11-13-15-17-21-28(31)35-29(2,3)4;1-5-20-9-8-12(16)10-11(6-7-13(17)18)14(19)21-15(2,3)4/h5-26H2,1-4H3;11H,5-10H2,1-4H3,(H,17,18). The maximum Gasteiger partial charge on any atom is 0.309 e. The smallest absolute Gasteiger partial charge is 0.309 e. The highest BCUT2D eigenvalue weighted by molar-refractivity contribution is 5.85. The lowest BCUT2D eigenvalue weighted by Crippen LogP contribution is -2.30. The van der Waals surface area contributed by atoms with Crippen LogP contribution in [0.15, 0.2) is 0 Å². The minimum atomic E-state index is -0.995. The molecule has 0 rings (SSSR count). The number of ether oxygens (including phenoxy) is 6. The highest BCUT2D eigenvalue weighted by atomic mass is 16.6. The molecule has 0 spiro atoms. The van der Waals surface area contributed by atoms with E-state index in [1.165, 1.54) is 57.8 Å². The van der Waals surface area contributed by atoms with Gasteiger partial charge in [0.2, 0.25) is 0 Å². The molecule has 0 aliphatic rings. The first kappa shape index (κ1) is 55.7. The summed E-state index contributed by atoms with van der Waals surface area (Å²) in [6.45, 7) is 19.3. The number of esters is 2. The highest BCUT2D eigenvalue weighted by Gasteiger charge is 2.27. The number of carbonyl (C=O) groups is 5. The number of hydrogen-bond donors (Lipinski definition) is 1. The van der Waals surface area contributed by atoms with Crippen molar-refractivity contribution in [3.05, 3.63) is 0 Å². The molecule has 0 aromatic heterocycles. The Hall–Kier alpha value is -2.41. The Bertz CT molecular complexity index is 999.